The fourth-order valence-electron chi connectivity index (χ4n) is 4.36. The zero-order chi connectivity index (χ0) is 35.8. The molecule has 2 rings (SSSR count). The number of carbonyl (C=O) groups is 2. The summed E-state index contributed by atoms with van der Waals surface area (Å²) in [7, 11) is 0. The number of carboxylic acid groups (broad SMARTS) is 2. The Balaban J connectivity index is 0.000000691. The summed E-state index contributed by atoms with van der Waals surface area (Å²) in [6.07, 6.45) is 1.38. The number of aryl methyl sites for hydroxylation is 2. The van der Waals surface area contributed by atoms with Crippen molar-refractivity contribution in [3.05, 3.63) is 57.6 Å². The van der Waals surface area contributed by atoms with Gasteiger partial charge in [-0.25, -0.2) is 0 Å². The highest BCUT2D eigenvalue weighted by atomic mass is 16.5. The quantitative estimate of drug-likeness (QED) is 0.144. The van der Waals surface area contributed by atoms with Gasteiger partial charge in [-0.2, -0.15) is 0 Å². The first-order chi connectivity index (χ1) is 21.3. The normalized spacial score (nSPS) is 12.7. The van der Waals surface area contributed by atoms with E-state index in [0.29, 0.717) is 50.8 Å². The third-order valence-electron chi connectivity index (χ3n) is 7.38. The van der Waals surface area contributed by atoms with Crippen molar-refractivity contribution in [1.29, 1.82) is 0 Å². The fourth-order valence-corrected chi connectivity index (χ4v) is 4.36. The van der Waals surface area contributed by atoms with Gasteiger partial charge in [0.2, 0.25) is 0 Å². The predicted molar refractivity (Wildman–Crippen MR) is 180 cm³/mol. The van der Waals surface area contributed by atoms with E-state index in [9.17, 15) is 19.8 Å². The van der Waals surface area contributed by atoms with Crippen LogP contribution >= 0.6 is 0 Å². The molecule has 0 aliphatic rings. The van der Waals surface area contributed by atoms with Crippen molar-refractivity contribution in [2.24, 2.45) is 0 Å². The zero-order valence-electron chi connectivity index (χ0n) is 29.4. The van der Waals surface area contributed by atoms with Gasteiger partial charge >= 0.3 is 11.9 Å². The average Bonchev–Trinajstić information content (AvgIpc) is 2.97. The molecule has 0 aliphatic carbocycles. The highest BCUT2D eigenvalue weighted by molar-refractivity contribution is 5.76. The summed E-state index contributed by atoms with van der Waals surface area (Å²) in [4.78, 5) is 22.2. The highest BCUT2D eigenvalue weighted by Crippen LogP contribution is 2.37. The standard InChI is InChI=1S/2C15H22O3.C6H14O4/c2*1-6-10-7-11(9(2)14(17)18)8-12(13(10)16)15(3,4)5;7-1-3-9-5-6-10-4-2-8/h2*7-9,16H,6H2,1-5H3,(H,17,18);7-8H,1-6H2. The average molecular weight is 651 g/mol. The summed E-state index contributed by atoms with van der Waals surface area (Å²) >= 11 is 0. The van der Waals surface area contributed by atoms with Crippen molar-refractivity contribution in [2.75, 3.05) is 39.6 Å². The molecule has 0 aromatic heterocycles. The van der Waals surface area contributed by atoms with Gasteiger partial charge in [0.1, 0.15) is 11.5 Å². The third kappa shape index (κ3) is 14.1. The van der Waals surface area contributed by atoms with E-state index in [0.717, 1.165) is 33.4 Å². The van der Waals surface area contributed by atoms with Crippen LogP contribution in [0.1, 0.15) is 114 Å². The van der Waals surface area contributed by atoms with Crippen molar-refractivity contribution in [3.63, 3.8) is 0 Å². The summed E-state index contributed by atoms with van der Waals surface area (Å²) in [5.74, 6) is -2.21. The lowest BCUT2D eigenvalue weighted by Gasteiger charge is -2.24. The van der Waals surface area contributed by atoms with E-state index in [4.69, 9.17) is 29.9 Å². The second kappa shape index (κ2) is 20.1. The maximum absolute atomic E-state index is 11.1. The van der Waals surface area contributed by atoms with Gasteiger partial charge in [0.25, 0.3) is 0 Å². The monoisotopic (exact) mass is 650 g/mol. The fraction of sp³-hybridized carbons (Fsp3) is 0.611. The number of rotatable bonds is 13. The number of phenols is 2. The summed E-state index contributed by atoms with van der Waals surface area (Å²) in [5.41, 5.74) is 4.33. The number of benzene rings is 2. The van der Waals surface area contributed by atoms with Crippen molar-refractivity contribution >= 4 is 11.9 Å². The molecule has 46 heavy (non-hydrogen) atoms. The van der Waals surface area contributed by atoms with Crippen LogP contribution < -0.4 is 0 Å². The molecule has 0 saturated carbocycles. The molecular weight excluding hydrogens is 592 g/mol. The first-order valence-corrected chi connectivity index (χ1v) is 15.8. The van der Waals surface area contributed by atoms with Gasteiger partial charge < -0.3 is 40.1 Å². The molecule has 2 aromatic carbocycles. The van der Waals surface area contributed by atoms with Gasteiger partial charge in [-0.3, -0.25) is 9.59 Å². The molecule has 0 saturated heterocycles. The molecule has 2 aromatic rings. The Morgan fingerprint density at radius 1 is 0.630 bits per heavy atom. The van der Waals surface area contributed by atoms with Crippen LogP contribution in [0.15, 0.2) is 24.3 Å². The van der Waals surface area contributed by atoms with E-state index in [-0.39, 0.29) is 24.0 Å². The van der Waals surface area contributed by atoms with Gasteiger partial charge in [-0.15, -0.1) is 0 Å². The summed E-state index contributed by atoms with van der Waals surface area (Å²) in [6.45, 7) is 21.0. The number of aromatic hydroxyl groups is 2. The Morgan fingerprint density at radius 2 is 0.935 bits per heavy atom. The minimum Gasteiger partial charge on any atom is -0.507 e. The van der Waals surface area contributed by atoms with E-state index in [1.807, 2.05) is 67.5 Å². The van der Waals surface area contributed by atoms with Crippen molar-refractivity contribution in [2.45, 2.75) is 105 Å². The van der Waals surface area contributed by atoms with Crippen LogP contribution in [0.2, 0.25) is 0 Å². The number of aliphatic carboxylic acids is 2. The Kier molecular flexibility index (Phi) is 18.7. The number of carboxylic acids is 2. The molecule has 10 nitrogen and oxygen atoms in total. The first-order valence-electron chi connectivity index (χ1n) is 15.8. The molecule has 2 atom stereocenters. The van der Waals surface area contributed by atoms with Gasteiger partial charge in [0, 0.05) is 0 Å². The SMILES string of the molecule is CCc1cc(C(C)C(=O)O)cc(C(C)(C)C)c1O.CCc1cc(C(C)C(=O)O)cc(C(C)(C)C)c1O.OCCOCCOCCO. The lowest BCUT2D eigenvalue weighted by molar-refractivity contribution is -0.139. The summed E-state index contributed by atoms with van der Waals surface area (Å²) in [6, 6.07) is 7.22. The lowest BCUT2D eigenvalue weighted by Crippen LogP contribution is -2.15. The van der Waals surface area contributed by atoms with E-state index in [1.54, 1.807) is 26.0 Å². The number of hydrogen-bond acceptors (Lipinski definition) is 8. The topological polar surface area (TPSA) is 174 Å². The third-order valence-corrected chi connectivity index (χ3v) is 7.38. The highest BCUT2D eigenvalue weighted by Gasteiger charge is 2.25. The molecule has 0 heterocycles. The zero-order valence-corrected chi connectivity index (χ0v) is 29.4. The van der Waals surface area contributed by atoms with Gasteiger partial charge in [0.05, 0.1) is 51.5 Å². The Hall–Kier alpha value is -3.18. The van der Waals surface area contributed by atoms with Crippen molar-refractivity contribution in [1.82, 2.24) is 0 Å². The molecule has 0 amide bonds. The Morgan fingerprint density at radius 3 is 1.15 bits per heavy atom. The van der Waals surface area contributed by atoms with Crippen LogP contribution in [0, 0.1) is 0 Å². The van der Waals surface area contributed by atoms with E-state index >= 15 is 0 Å². The van der Waals surface area contributed by atoms with Gasteiger partial charge in [0.15, 0.2) is 0 Å². The van der Waals surface area contributed by atoms with E-state index < -0.39 is 23.8 Å². The Labute approximate surface area is 275 Å². The molecule has 0 fully saturated rings. The molecule has 0 radical (unpaired) electrons. The second-order valence-corrected chi connectivity index (χ2v) is 13.2. The van der Waals surface area contributed by atoms with Gasteiger partial charge in [-0.05, 0) is 70.9 Å². The van der Waals surface area contributed by atoms with Crippen molar-refractivity contribution < 1.29 is 49.7 Å². The predicted octanol–water partition coefficient (Wildman–Crippen LogP) is 5.88. The number of ether oxygens (including phenoxy) is 2. The second-order valence-electron chi connectivity index (χ2n) is 13.2. The minimum absolute atomic E-state index is 0.0417. The molecule has 6 N–H and O–H groups in total. The van der Waals surface area contributed by atoms with Crippen molar-refractivity contribution in [3.8, 4) is 11.5 Å². The smallest absolute Gasteiger partial charge is 0.310 e. The first kappa shape index (κ1) is 42.8. The Bertz CT molecular complexity index is 1130. The van der Waals surface area contributed by atoms with Crippen LogP contribution in [0.3, 0.4) is 0 Å². The van der Waals surface area contributed by atoms with Gasteiger partial charge in [-0.1, -0.05) is 79.7 Å². The molecule has 0 aliphatic heterocycles. The molecular formula is C36H58O10. The number of phenolic OH excluding ortho intramolecular Hbond substituents is 2. The van der Waals surface area contributed by atoms with Crippen LogP contribution in [0.5, 0.6) is 11.5 Å². The molecule has 2 unspecified atom stereocenters. The number of aliphatic hydroxyl groups is 2. The molecule has 10 heteroatoms. The number of aliphatic hydroxyl groups excluding tert-OH is 2. The molecule has 0 bridgehead atoms. The minimum atomic E-state index is -0.845. The van der Waals surface area contributed by atoms with Crippen LogP contribution in [-0.2, 0) is 42.7 Å². The number of hydrogen-bond donors (Lipinski definition) is 6. The summed E-state index contributed by atoms with van der Waals surface area (Å²) in [5, 5.41) is 55.2. The molecule has 262 valence electrons. The van der Waals surface area contributed by atoms with E-state index in [2.05, 4.69) is 0 Å². The maximum atomic E-state index is 11.1. The van der Waals surface area contributed by atoms with Crippen LogP contribution in [0.4, 0.5) is 0 Å². The van der Waals surface area contributed by atoms with E-state index in [1.165, 1.54) is 0 Å². The molecule has 0 spiro atoms. The summed E-state index contributed by atoms with van der Waals surface area (Å²) < 4.78 is 9.75. The largest absolute Gasteiger partial charge is 0.507 e. The lowest BCUT2D eigenvalue weighted by atomic mass is 9.82. The van der Waals surface area contributed by atoms with Crippen LogP contribution in [0.25, 0.3) is 0 Å². The van der Waals surface area contributed by atoms with Crippen LogP contribution in [-0.4, -0.2) is 82.2 Å². The maximum Gasteiger partial charge on any atom is 0.310 e.